The van der Waals surface area contributed by atoms with Crippen molar-refractivity contribution in [1.29, 1.82) is 0 Å². The minimum Gasteiger partial charge on any atom is -0.450 e. The first-order valence-electron chi connectivity index (χ1n) is 5.87. The van der Waals surface area contributed by atoms with Crippen molar-refractivity contribution in [3.05, 3.63) is 0 Å². The molecule has 0 aliphatic carbocycles. The van der Waals surface area contributed by atoms with Gasteiger partial charge in [-0.2, -0.15) is 0 Å². The van der Waals surface area contributed by atoms with E-state index in [9.17, 15) is 9.59 Å². The first kappa shape index (κ1) is 12.8. The first-order chi connectivity index (χ1) is 7.65. The molecule has 16 heavy (non-hydrogen) atoms. The Kier molecular flexibility index (Phi) is 5.08. The van der Waals surface area contributed by atoms with Crippen LogP contribution in [0, 0.1) is 0 Å². The van der Waals surface area contributed by atoms with Crippen molar-refractivity contribution in [1.82, 2.24) is 10.2 Å². The summed E-state index contributed by atoms with van der Waals surface area (Å²) >= 11 is 0. The standard InChI is InChI=1S/C11H20N2O3/c1-3-16-11(15)12-9(2)10(14)13-7-5-4-6-8-13/h9H,3-8H2,1-2H3,(H,12,15)/t9-/m0/s1. The van der Waals surface area contributed by atoms with Crippen LogP contribution in [0.2, 0.25) is 0 Å². The SMILES string of the molecule is CCOC(=O)N[C@@H](C)C(=O)N1CCCCC1. The van der Waals surface area contributed by atoms with Gasteiger partial charge in [0, 0.05) is 13.1 Å². The van der Waals surface area contributed by atoms with Gasteiger partial charge in [-0.25, -0.2) is 4.79 Å². The summed E-state index contributed by atoms with van der Waals surface area (Å²) in [6, 6.07) is -0.503. The Morgan fingerprint density at radius 1 is 1.31 bits per heavy atom. The predicted octanol–water partition coefficient (Wildman–Crippen LogP) is 1.13. The molecule has 0 aromatic heterocycles. The van der Waals surface area contributed by atoms with Gasteiger partial charge in [0.25, 0.3) is 0 Å². The zero-order chi connectivity index (χ0) is 12.0. The van der Waals surface area contributed by atoms with Crippen LogP contribution in [0.5, 0.6) is 0 Å². The van der Waals surface area contributed by atoms with E-state index < -0.39 is 12.1 Å². The van der Waals surface area contributed by atoms with Gasteiger partial charge in [-0.1, -0.05) is 0 Å². The van der Waals surface area contributed by atoms with Crippen molar-refractivity contribution < 1.29 is 14.3 Å². The number of amides is 2. The number of ether oxygens (including phenoxy) is 1. The van der Waals surface area contributed by atoms with E-state index in [1.54, 1.807) is 18.7 Å². The molecule has 1 fully saturated rings. The lowest BCUT2D eigenvalue weighted by Crippen LogP contribution is -2.48. The number of rotatable bonds is 3. The van der Waals surface area contributed by atoms with E-state index in [0.717, 1.165) is 25.9 Å². The molecule has 1 aliphatic rings. The summed E-state index contributed by atoms with van der Waals surface area (Å²) in [6.07, 6.45) is 2.76. The summed E-state index contributed by atoms with van der Waals surface area (Å²) in [4.78, 5) is 24.8. The van der Waals surface area contributed by atoms with Crippen LogP contribution in [0.4, 0.5) is 4.79 Å². The lowest BCUT2D eigenvalue weighted by molar-refractivity contribution is -0.133. The number of nitrogens with zero attached hydrogens (tertiary/aromatic N) is 1. The third-order valence-corrected chi connectivity index (χ3v) is 2.65. The van der Waals surface area contributed by atoms with Crippen molar-refractivity contribution in [3.63, 3.8) is 0 Å². The number of nitrogens with one attached hydrogen (secondary N) is 1. The second-order valence-electron chi connectivity index (χ2n) is 3.97. The maximum absolute atomic E-state index is 11.9. The highest BCUT2D eigenvalue weighted by molar-refractivity contribution is 5.85. The summed E-state index contributed by atoms with van der Waals surface area (Å²) in [5, 5.41) is 2.53. The Balaban J connectivity index is 2.37. The fraction of sp³-hybridized carbons (Fsp3) is 0.818. The highest BCUT2D eigenvalue weighted by atomic mass is 16.5. The third-order valence-electron chi connectivity index (χ3n) is 2.65. The van der Waals surface area contributed by atoms with Gasteiger partial charge >= 0.3 is 6.09 Å². The summed E-state index contributed by atoms with van der Waals surface area (Å²) in [6.45, 7) is 5.34. The van der Waals surface area contributed by atoms with E-state index in [-0.39, 0.29) is 5.91 Å². The molecular weight excluding hydrogens is 208 g/mol. The molecule has 0 spiro atoms. The van der Waals surface area contributed by atoms with Crippen molar-refractivity contribution >= 4 is 12.0 Å². The fourth-order valence-corrected chi connectivity index (χ4v) is 1.80. The molecule has 1 atom stereocenters. The average molecular weight is 228 g/mol. The Morgan fingerprint density at radius 2 is 1.94 bits per heavy atom. The Hall–Kier alpha value is -1.26. The molecule has 1 rings (SSSR count). The molecule has 0 radical (unpaired) electrons. The first-order valence-corrected chi connectivity index (χ1v) is 5.87. The van der Waals surface area contributed by atoms with Gasteiger partial charge in [-0.3, -0.25) is 4.79 Å². The summed E-state index contributed by atoms with van der Waals surface area (Å²) in [5.41, 5.74) is 0. The highest BCUT2D eigenvalue weighted by Crippen LogP contribution is 2.09. The molecule has 0 saturated carbocycles. The van der Waals surface area contributed by atoms with Crippen LogP contribution in [0.15, 0.2) is 0 Å². The number of alkyl carbamates (subject to hydrolysis) is 1. The molecule has 0 aromatic carbocycles. The molecule has 1 aliphatic heterocycles. The van der Waals surface area contributed by atoms with Gasteiger partial charge < -0.3 is 15.0 Å². The lowest BCUT2D eigenvalue weighted by Gasteiger charge is -2.29. The number of hydrogen-bond acceptors (Lipinski definition) is 3. The van der Waals surface area contributed by atoms with Gasteiger partial charge in [0.2, 0.25) is 5.91 Å². The number of carbonyl (C=O) groups is 2. The van der Waals surface area contributed by atoms with E-state index >= 15 is 0 Å². The largest absolute Gasteiger partial charge is 0.450 e. The molecular formula is C11H20N2O3. The minimum atomic E-state index is -0.527. The quantitative estimate of drug-likeness (QED) is 0.788. The van der Waals surface area contributed by atoms with Crippen LogP contribution in [0.25, 0.3) is 0 Å². The number of hydrogen-bond donors (Lipinski definition) is 1. The van der Waals surface area contributed by atoms with Gasteiger partial charge in [0.15, 0.2) is 0 Å². The van der Waals surface area contributed by atoms with Crippen molar-refractivity contribution in [3.8, 4) is 0 Å². The molecule has 5 heteroatoms. The van der Waals surface area contributed by atoms with Gasteiger partial charge in [0.05, 0.1) is 6.61 Å². The molecule has 1 heterocycles. The molecule has 2 amide bonds. The van der Waals surface area contributed by atoms with E-state index in [4.69, 9.17) is 4.74 Å². The number of piperidine rings is 1. The van der Waals surface area contributed by atoms with E-state index in [2.05, 4.69) is 5.32 Å². The van der Waals surface area contributed by atoms with Crippen molar-refractivity contribution in [2.24, 2.45) is 0 Å². The summed E-state index contributed by atoms with van der Waals surface area (Å²) in [7, 11) is 0. The topological polar surface area (TPSA) is 58.6 Å². The van der Waals surface area contributed by atoms with Gasteiger partial charge in [-0.15, -0.1) is 0 Å². The van der Waals surface area contributed by atoms with Crippen LogP contribution >= 0.6 is 0 Å². The van der Waals surface area contributed by atoms with Crippen LogP contribution in [-0.4, -0.2) is 42.6 Å². The molecule has 1 saturated heterocycles. The normalized spacial score (nSPS) is 17.8. The van der Waals surface area contributed by atoms with Crippen molar-refractivity contribution in [2.45, 2.75) is 39.2 Å². The Bertz CT molecular complexity index is 250. The van der Waals surface area contributed by atoms with Gasteiger partial charge in [-0.05, 0) is 33.1 Å². The number of carbonyl (C=O) groups excluding carboxylic acids is 2. The smallest absolute Gasteiger partial charge is 0.407 e. The summed E-state index contributed by atoms with van der Waals surface area (Å²) < 4.78 is 4.73. The molecule has 0 bridgehead atoms. The monoisotopic (exact) mass is 228 g/mol. The fourth-order valence-electron chi connectivity index (χ4n) is 1.80. The maximum Gasteiger partial charge on any atom is 0.407 e. The van der Waals surface area contributed by atoms with Crippen LogP contribution in [0.1, 0.15) is 33.1 Å². The highest BCUT2D eigenvalue weighted by Gasteiger charge is 2.23. The Labute approximate surface area is 96.1 Å². The second kappa shape index (κ2) is 6.35. The molecule has 92 valence electrons. The number of likely N-dealkylation sites (tertiary alicyclic amines) is 1. The van der Waals surface area contributed by atoms with Crippen LogP contribution in [0.3, 0.4) is 0 Å². The maximum atomic E-state index is 11.9. The lowest BCUT2D eigenvalue weighted by atomic mass is 10.1. The predicted molar refractivity (Wildman–Crippen MR) is 60.1 cm³/mol. The van der Waals surface area contributed by atoms with Crippen LogP contribution in [-0.2, 0) is 9.53 Å². The molecule has 0 unspecified atom stereocenters. The van der Waals surface area contributed by atoms with E-state index in [1.807, 2.05) is 0 Å². The van der Waals surface area contributed by atoms with E-state index in [0.29, 0.717) is 6.61 Å². The zero-order valence-electron chi connectivity index (χ0n) is 9.99. The average Bonchev–Trinajstić information content (AvgIpc) is 2.29. The van der Waals surface area contributed by atoms with Crippen molar-refractivity contribution in [2.75, 3.05) is 19.7 Å². The van der Waals surface area contributed by atoms with E-state index in [1.165, 1.54) is 6.42 Å². The van der Waals surface area contributed by atoms with Crippen LogP contribution < -0.4 is 5.32 Å². The molecule has 0 aromatic rings. The van der Waals surface area contributed by atoms with Gasteiger partial charge in [0.1, 0.15) is 6.04 Å². The minimum absolute atomic E-state index is 0.0206. The Morgan fingerprint density at radius 3 is 2.50 bits per heavy atom. The molecule has 5 nitrogen and oxygen atoms in total. The summed E-state index contributed by atoms with van der Waals surface area (Å²) in [5.74, 6) is -0.0206. The molecule has 1 N–H and O–H groups in total. The third kappa shape index (κ3) is 3.72. The second-order valence-corrected chi connectivity index (χ2v) is 3.97. The zero-order valence-corrected chi connectivity index (χ0v) is 9.99.